The highest BCUT2D eigenvalue weighted by Crippen LogP contribution is 2.12. The summed E-state index contributed by atoms with van der Waals surface area (Å²) in [6, 6.07) is 0.231. The van der Waals surface area contributed by atoms with Crippen LogP contribution in [-0.4, -0.2) is 33.3 Å². The largest absolute Gasteiger partial charge is 0.487 e. The predicted octanol–water partition coefficient (Wildman–Crippen LogP) is 1.23. The molecule has 0 aliphatic carbocycles. The molecule has 0 saturated heterocycles. The maximum Gasteiger partial charge on any atom is 0.451 e. The van der Waals surface area contributed by atoms with Crippen molar-refractivity contribution in [2.24, 2.45) is 0 Å². The van der Waals surface area contributed by atoms with Gasteiger partial charge in [0.05, 0.1) is 0 Å². The molecule has 1 atom stereocenters. The minimum Gasteiger partial charge on any atom is -0.487 e. The molecule has 0 fully saturated rings. The summed E-state index contributed by atoms with van der Waals surface area (Å²) in [7, 11) is -2.52. The van der Waals surface area contributed by atoms with E-state index >= 15 is 0 Å². The molecule has 108 valence electrons. The van der Waals surface area contributed by atoms with Gasteiger partial charge in [-0.15, -0.1) is 0 Å². The van der Waals surface area contributed by atoms with Crippen molar-refractivity contribution >= 4 is 27.2 Å². The van der Waals surface area contributed by atoms with Gasteiger partial charge in [0.15, 0.2) is 0 Å². The van der Waals surface area contributed by atoms with Crippen LogP contribution in [0.15, 0.2) is 12.2 Å². The fraction of sp³-hybridized carbons (Fsp3) is 0.583. The molecule has 6 nitrogen and oxygen atoms in total. The van der Waals surface area contributed by atoms with Gasteiger partial charge in [-0.3, -0.25) is 9.59 Å². The predicted molar refractivity (Wildman–Crippen MR) is 70.5 cm³/mol. The van der Waals surface area contributed by atoms with Crippen molar-refractivity contribution in [1.29, 1.82) is 0 Å². The molecule has 0 saturated carbocycles. The summed E-state index contributed by atoms with van der Waals surface area (Å²) >= 11 is 0. The zero-order valence-corrected chi connectivity index (χ0v) is 12.9. The van der Waals surface area contributed by atoms with E-state index in [-0.39, 0.29) is 11.6 Å². The highest BCUT2D eigenvalue weighted by Gasteiger charge is 2.27. The van der Waals surface area contributed by atoms with Crippen molar-refractivity contribution in [2.75, 3.05) is 0 Å². The van der Waals surface area contributed by atoms with Crippen molar-refractivity contribution in [2.45, 2.75) is 46.3 Å². The van der Waals surface area contributed by atoms with E-state index < -0.39 is 33.3 Å². The van der Waals surface area contributed by atoms with Crippen LogP contribution in [-0.2, 0) is 28.0 Å². The lowest BCUT2D eigenvalue weighted by atomic mass is 10.3. The first kappa shape index (κ1) is 17.4. The van der Waals surface area contributed by atoms with Crippen molar-refractivity contribution in [3.63, 3.8) is 0 Å². The van der Waals surface area contributed by atoms with Crippen LogP contribution in [0.3, 0.4) is 0 Å². The normalized spacial score (nSPS) is 11.6. The molecule has 0 amide bonds. The Kier molecular flexibility index (Phi) is 7.74. The van der Waals surface area contributed by atoms with Crippen LogP contribution in [0.5, 0.6) is 0 Å². The summed E-state index contributed by atoms with van der Waals surface area (Å²) in [6.45, 7) is 9.33. The summed E-state index contributed by atoms with van der Waals surface area (Å²) in [6.07, 6.45) is 0.0741. The van der Waals surface area contributed by atoms with Crippen molar-refractivity contribution in [1.82, 2.24) is 0 Å². The molecular formula is C12H20O6Si. The maximum atomic E-state index is 11.4. The molecule has 0 aromatic carbocycles. The van der Waals surface area contributed by atoms with Crippen molar-refractivity contribution in [3.8, 4) is 0 Å². The van der Waals surface area contributed by atoms with E-state index in [9.17, 15) is 14.4 Å². The number of rotatable bonds is 7. The van der Waals surface area contributed by atoms with E-state index in [1.165, 1.54) is 13.8 Å². The van der Waals surface area contributed by atoms with Gasteiger partial charge >= 0.3 is 15.3 Å². The molecule has 0 aromatic rings. The lowest BCUT2D eigenvalue weighted by molar-refractivity contribution is -0.143. The summed E-state index contributed by atoms with van der Waals surface area (Å²) in [5.41, 5.74) is 0.289. The molecule has 0 rings (SSSR count). The standard InChI is InChI=1S/C12H20O6Si/c1-6-11(16-12(15)8(2)3)7-19(17-9(4)13)18-10(5)14/h11,19H,2,6-7H2,1,3-5H3. The van der Waals surface area contributed by atoms with Gasteiger partial charge in [-0.1, -0.05) is 13.5 Å². The van der Waals surface area contributed by atoms with E-state index in [0.29, 0.717) is 6.42 Å². The van der Waals surface area contributed by atoms with Crippen LogP contribution < -0.4 is 0 Å². The second-order valence-electron chi connectivity index (χ2n) is 4.10. The van der Waals surface area contributed by atoms with Gasteiger partial charge in [0.25, 0.3) is 11.9 Å². The number of hydrogen-bond acceptors (Lipinski definition) is 6. The number of hydrogen-bond donors (Lipinski definition) is 0. The lowest BCUT2D eigenvalue weighted by Crippen LogP contribution is -2.33. The Bertz CT molecular complexity index is 349. The van der Waals surface area contributed by atoms with E-state index in [0.717, 1.165) is 0 Å². The van der Waals surface area contributed by atoms with Crippen LogP contribution in [0.2, 0.25) is 6.04 Å². The fourth-order valence-electron chi connectivity index (χ4n) is 1.26. The molecule has 0 bridgehead atoms. The monoisotopic (exact) mass is 288 g/mol. The van der Waals surface area contributed by atoms with Crippen LogP contribution in [0.1, 0.15) is 34.1 Å². The first-order valence-electron chi connectivity index (χ1n) is 5.97. The van der Waals surface area contributed by atoms with Gasteiger partial charge in [0.1, 0.15) is 6.10 Å². The summed E-state index contributed by atoms with van der Waals surface area (Å²) < 4.78 is 15.1. The van der Waals surface area contributed by atoms with E-state index in [1.54, 1.807) is 6.92 Å². The van der Waals surface area contributed by atoms with E-state index in [4.69, 9.17) is 13.6 Å². The van der Waals surface area contributed by atoms with Gasteiger partial charge in [-0.2, -0.15) is 0 Å². The smallest absolute Gasteiger partial charge is 0.451 e. The Balaban J connectivity index is 4.58. The summed E-state index contributed by atoms with van der Waals surface area (Å²) in [4.78, 5) is 33.3. The highest BCUT2D eigenvalue weighted by molar-refractivity contribution is 6.49. The zero-order chi connectivity index (χ0) is 15.0. The van der Waals surface area contributed by atoms with Crippen LogP contribution >= 0.6 is 0 Å². The van der Waals surface area contributed by atoms with Crippen LogP contribution in [0.4, 0.5) is 0 Å². The SMILES string of the molecule is C=C(C)C(=O)OC(CC)C[SiH](OC(C)=O)OC(C)=O. The third-order valence-electron chi connectivity index (χ3n) is 2.13. The lowest BCUT2D eigenvalue weighted by Gasteiger charge is -2.20. The second-order valence-corrected chi connectivity index (χ2v) is 5.90. The molecule has 1 unspecified atom stereocenters. The average Bonchev–Trinajstić information content (AvgIpc) is 2.25. The van der Waals surface area contributed by atoms with Gasteiger partial charge in [-0.25, -0.2) is 4.79 Å². The Morgan fingerprint density at radius 3 is 1.89 bits per heavy atom. The second kappa shape index (κ2) is 8.47. The molecule has 0 aliphatic rings. The zero-order valence-electron chi connectivity index (χ0n) is 11.7. The molecule has 0 aromatic heterocycles. The molecule has 0 spiro atoms. The summed E-state index contributed by atoms with van der Waals surface area (Å²) in [5.74, 6) is -1.54. The van der Waals surface area contributed by atoms with E-state index in [1.807, 2.05) is 6.92 Å². The van der Waals surface area contributed by atoms with Crippen molar-refractivity contribution < 1.29 is 28.0 Å². The first-order valence-corrected chi connectivity index (χ1v) is 7.73. The van der Waals surface area contributed by atoms with Crippen LogP contribution in [0.25, 0.3) is 0 Å². The number of carbonyl (C=O) groups is 3. The Morgan fingerprint density at radius 2 is 1.58 bits per heavy atom. The summed E-state index contributed by atoms with van der Waals surface area (Å²) in [5, 5.41) is 0. The molecule has 19 heavy (non-hydrogen) atoms. The quantitative estimate of drug-likeness (QED) is 0.398. The third kappa shape index (κ3) is 8.14. The van der Waals surface area contributed by atoms with Gasteiger partial charge in [0.2, 0.25) is 0 Å². The van der Waals surface area contributed by atoms with Gasteiger partial charge in [0, 0.05) is 25.5 Å². The first-order chi connectivity index (χ1) is 8.76. The van der Waals surface area contributed by atoms with Crippen molar-refractivity contribution in [3.05, 3.63) is 12.2 Å². The van der Waals surface area contributed by atoms with E-state index in [2.05, 4.69) is 6.58 Å². The molecule has 7 heteroatoms. The van der Waals surface area contributed by atoms with Gasteiger partial charge in [-0.05, 0) is 13.3 Å². The average molecular weight is 288 g/mol. The number of ether oxygens (including phenoxy) is 1. The third-order valence-corrected chi connectivity index (χ3v) is 4.23. The minimum atomic E-state index is -2.52. The fourth-order valence-corrected chi connectivity index (χ4v) is 3.10. The Morgan fingerprint density at radius 1 is 1.11 bits per heavy atom. The molecule has 0 heterocycles. The molecular weight excluding hydrogens is 268 g/mol. The number of carbonyl (C=O) groups excluding carboxylic acids is 3. The molecule has 0 radical (unpaired) electrons. The topological polar surface area (TPSA) is 78.9 Å². The Hall–Kier alpha value is -1.63. The number of esters is 1. The van der Waals surface area contributed by atoms with Crippen LogP contribution in [0, 0.1) is 0 Å². The minimum absolute atomic E-state index is 0.231. The highest BCUT2D eigenvalue weighted by atomic mass is 28.3. The molecule has 0 N–H and O–H groups in total. The Labute approximate surface area is 114 Å². The van der Waals surface area contributed by atoms with Gasteiger partial charge < -0.3 is 13.6 Å². The maximum absolute atomic E-state index is 11.4. The molecule has 0 aliphatic heterocycles.